The van der Waals surface area contributed by atoms with Crippen LogP contribution in [0.2, 0.25) is 0 Å². The fourth-order valence-corrected chi connectivity index (χ4v) is 2.56. The molecule has 0 radical (unpaired) electrons. The zero-order valence-corrected chi connectivity index (χ0v) is 13.3. The molecule has 7 heteroatoms. The van der Waals surface area contributed by atoms with E-state index in [9.17, 15) is 19.8 Å². The van der Waals surface area contributed by atoms with Crippen molar-refractivity contribution in [3.8, 4) is 11.5 Å². The Hall–Kier alpha value is -2.28. The largest absolute Gasteiger partial charge is 0.504 e. The summed E-state index contributed by atoms with van der Waals surface area (Å²) in [6.07, 6.45) is 0.534. The number of aliphatic hydroxyl groups is 1. The van der Waals surface area contributed by atoms with E-state index in [-0.39, 0.29) is 23.8 Å². The summed E-state index contributed by atoms with van der Waals surface area (Å²) in [4.78, 5) is 25.8. The quantitative estimate of drug-likeness (QED) is 0.666. The first-order chi connectivity index (χ1) is 11.0. The summed E-state index contributed by atoms with van der Waals surface area (Å²) in [7, 11) is 1.43. The van der Waals surface area contributed by atoms with E-state index in [1.807, 2.05) is 6.92 Å². The molecule has 1 fully saturated rings. The van der Waals surface area contributed by atoms with Crippen molar-refractivity contribution in [1.29, 1.82) is 0 Å². The van der Waals surface area contributed by atoms with Gasteiger partial charge in [0.05, 0.1) is 7.11 Å². The molecule has 2 amide bonds. The predicted octanol–water partition coefficient (Wildman–Crippen LogP) is 0.594. The maximum absolute atomic E-state index is 12.5. The predicted molar refractivity (Wildman–Crippen MR) is 82.6 cm³/mol. The highest BCUT2D eigenvalue weighted by atomic mass is 16.5. The Bertz CT molecular complexity index is 590. The Morgan fingerprint density at radius 3 is 2.74 bits per heavy atom. The van der Waals surface area contributed by atoms with Crippen molar-refractivity contribution in [2.45, 2.75) is 32.5 Å². The number of nitrogens with one attached hydrogen (secondary N) is 1. The second kappa shape index (κ2) is 7.32. The number of ether oxygens (including phenoxy) is 1. The fraction of sp³-hybridized carbons (Fsp3) is 0.500. The lowest BCUT2D eigenvalue weighted by atomic mass is 9.95. The monoisotopic (exact) mass is 322 g/mol. The van der Waals surface area contributed by atoms with Gasteiger partial charge in [0.15, 0.2) is 11.5 Å². The van der Waals surface area contributed by atoms with Gasteiger partial charge in [-0.25, -0.2) is 0 Å². The summed E-state index contributed by atoms with van der Waals surface area (Å²) in [5.41, 5.74) is 0.694. The molecule has 1 aromatic rings. The molecule has 0 aromatic heterocycles. The SMILES string of the molecule is CCCCN1C(=O)C(Cc2ccc(O)c(OC)c2)C(=O)NC1O. The molecular weight excluding hydrogens is 300 g/mol. The summed E-state index contributed by atoms with van der Waals surface area (Å²) in [6.45, 7) is 2.38. The molecule has 1 aromatic carbocycles. The topological polar surface area (TPSA) is 99.1 Å². The Kier molecular flexibility index (Phi) is 5.44. The first-order valence-corrected chi connectivity index (χ1v) is 7.62. The highest BCUT2D eigenvalue weighted by Crippen LogP contribution is 2.28. The minimum Gasteiger partial charge on any atom is -0.504 e. The maximum atomic E-state index is 12.5. The lowest BCUT2D eigenvalue weighted by Crippen LogP contribution is -2.61. The first-order valence-electron chi connectivity index (χ1n) is 7.62. The molecule has 126 valence electrons. The van der Waals surface area contributed by atoms with Crippen LogP contribution in [0.1, 0.15) is 25.3 Å². The number of carbonyl (C=O) groups is 2. The van der Waals surface area contributed by atoms with Crippen LogP contribution in [0, 0.1) is 5.92 Å². The Morgan fingerprint density at radius 2 is 2.09 bits per heavy atom. The van der Waals surface area contributed by atoms with Gasteiger partial charge in [-0.05, 0) is 30.5 Å². The molecule has 7 nitrogen and oxygen atoms in total. The molecule has 1 aliphatic rings. The van der Waals surface area contributed by atoms with Gasteiger partial charge in [0, 0.05) is 6.54 Å². The van der Waals surface area contributed by atoms with Crippen molar-refractivity contribution < 1.29 is 24.5 Å². The van der Waals surface area contributed by atoms with E-state index in [1.54, 1.807) is 12.1 Å². The van der Waals surface area contributed by atoms with Gasteiger partial charge in [-0.15, -0.1) is 0 Å². The first kappa shape index (κ1) is 17.1. The van der Waals surface area contributed by atoms with E-state index in [0.717, 1.165) is 12.8 Å². The molecule has 23 heavy (non-hydrogen) atoms. The lowest BCUT2D eigenvalue weighted by Gasteiger charge is -2.36. The smallest absolute Gasteiger partial charge is 0.238 e. The van der Waals surface area contributed by atoms with Gasteiger partial charge < -0.3 is 20.3 Å². The molecule has 2 unspecified atom stereocenters. The van der Waals surface area contributed by atoms with E-state index in [1.165, 1.54) is 18.1 Å². The minimum absolute atomic E-state index is 0.00401. The lowest BCUT2D eigenvalue weighted by molar-refractivity contribution is -0.164. The second-order valence-corrected chi connectivity index (χ2v) is 5.53. The summed E-state index contributed by atoms with van der Waals surface area (Å²) in [5, 5.41) is 21.9. The molecule has 0 bridgehead atoms. The third-order valence-corrected chi connectivity index (χ3v) is 3.90. The van der Waals surface area contributed by atoms with E-state index >= 15 is 0 Å². The zero-order chi connectivity index (χ0) is 17.0. The van der Waals surface area contributed by atoms with Crippen LogP contribution in [0.4, 0.5) is 0 Å². The number of methoxy groups -OCH3 is 1. The molecule has 2 atom stereocenters. The van der Waals surface area contributed by atoms with Crippen LogP contribution in [0.3, 0.4) is 0 Å². The number of phenols is 1. The molecular formula is C16H22N2O5. The van der Waals surface area contributed by atoms with Gasteiger partial charge in [-0.2, -0.15) is 0 Å². The summed E-state index contributed by atoms with van der Waals surface area (Å²) in [5.74, 6) is -1.50. The number of hydrogen-bond donors (Lipinski definition) is 3. The Balaban J connectivity index is 2.17. The minimum atomic E-state index is -1.27. The van der Waals surface area contributed by atoms with Crippen LogP contribution in [-0.2, 0) is 16.0 Å². The Morgan fingerprint density at radius 1 is 1.35 bits per heavy atom. The van der Waals surface area contributed by atoms with E-state index < -0.39 is 18.2 Å². The average Bonchev–Trinajstić information content (AvgIpc) is 2.52. The molecule has 3 N–H and O–H groups in total. The van der Waals surface area contributed by atoms with Crippen LogP contribution in [0.5, 0.6) is 11.5 Å². The number of hydrogen-bond acceptors (Lipinski definition) is 5. The summed E-state index contributed by atoms with van der Waals surface area (Å²) >= 11 is 0. The van der Waals surface area contributed by atoms with Gasteiger partial charge in [0.2, 0.25) is 18.2 Å². The number of amides is 2. The number of rotatable bonds is 6. The summed E-state index contributed by atoms with van der Waals surface area (Å²) < 4.78 is 5.03. The number of benzene rings is 1. The number of phenolic OH excluding ortho intramolecular Hbond substituents is 1. The van der Waals surface area contributed by atoms with Crippen molar-refractivity contribution in [2.24, 2.45) is 5.92 Å². The molecule has 1 heterocycles. The molecule has 2 rings (SSSR count). The zero-order valence-electron chi connectivity index (χ0n) is 13.3. The Labute approximate surface area is 134 Å². The number of carbonyl (C=O) groups excluding carboxylic acids is 2. The molecule has 0 saturated carbocycles. The standard InChI is InChI=1S/C16H22N2O5/c1-3-4-7-18-15(21)11(14(20)17-16(18)22)8-10-5-6-12(19)13(9-10)23-2/h5-6,9,11,16,19,22H,3-4,7-8H2,1-2H3,(H,17,20). The number of aliphatic hydroxyl groups excluding tert-OH is 1. The number of nitrogens with zero attached hydrogens (tertiary/aromatic N) is 1. The van der Waals surface area contributed by atoms with Gasteiger partial charge in [-0.1, -0.05) is 19.4 Å². The van der Waals surface area contributed by atoms with Crippen molar-refractivity contribution in [1.82, 2.24) is 10.2 Å². The van der Waals surface area contributed by atoms with Crippen LogP contribution >= 0.6 is 0 Å². The van der Waals surface area contributed by atoms with Gasteiger partial charge >= 0.3 is 0 Å². The van der Waals surface area contributed by atoms with E-state index in [4.69, 9.17) is 4.74 Å². The maximum Gasteiger partial charge on any atom is 0.238 e. The van der Waals surface area contributed by atoms with Crippen molar-refractivity contribution >= 4 is 11.8 Å². The molecule has 0 spiro atoms. The molecule has 0 aliphatic carbocycles. The third kappa shape index (κ3) is 3.73. The second-order valence-electron chi connectivity index (χ2n) is 5.53. The molecule has 1 aliphatic heterocycles. The normalized spacial score (nSPS) is 21.3. The van der Waals surface area contributed by atoms with Crippen LogP contribution in [0.15, 0.2) is 18.2 Å². The van der Waals surface area contributed by atoms with Gasteiger partial charge in [0.1, 0.15) is 5.92 Å². The van der Waals surface area contributed by atoms with E-state index in [0.29, 0.717) is 12.1 Å². The molecule has 1 saturated heterocycles. The van der Waals surface area contributed by atoms with Crippen molar-refractivity contribution in [3.63, 3.8) is 0 Å². The third-order valence-electron chi connectivity index (χ3n) is 3.90. The highest BCUT2D eigenvalue weighted by molar-refractivity contribution is 6.02. The number of aromatic hydroxyl groups is 1. The van der Waals surface area contributed by atoms with Crippen molar-refractivity contribution in [2.75, 3.05) is 13.7 Å². The fourth-order valence-electron chi connectivity index (χ4n) is 2.56. The summed E-state index contributed by atoms with van der Waals surface area (Å²) in [6, 6.07) is 4.69. The van der Waals surface area contributed by atoms with E-state index in [2.05, 4.69) is 5.32 Å². The van der Waals surface area contributed by atoms with Crippen LogP contribution in [-0.4, -0.2) is 46.9 Å². The van der Waals surface area contributed by atoms with Crippen LogP contribution in [0.25, 0.3) is 0 Å². The number of unbranched alkanes of at least 4 members (excludes halogenated alkanes) is 1. The van der Waals surface area contributed by atoms with Crippen molar-refractivity contribution in [3.05, 3.63) is 23.8 Å². The van der Waals surface area contributed by atoms with Crippen LogP contribution < -0.4 is 10.1 Å². The van der Waals surface area contributed by atoms with Gasteiger partial charge in [-0.3, -0.25) is 14.5 Å². The highest BCUT2D eigenvalue weighted by Gasteiger charge is 2.39. The van der Waals surface area contributed by atoms with Gasteiger partial charge in [0.25, 0.3) is 0 Å². The average molecular weight is 322 g/mol.